The number of benzene rings is 1. The molecule has 0 radical (unpaired) electrons. The Morgan fingerprint density at radius 1 is 1.13 bits per heavy atom. The second-order valence-corrected chi connectivity index (χ2v) is 7.94. The molecule has 4 rings (SSSR count). The molecule has 0 bridgehead atoms. The van der Waals surface area contributed by atoms with Gasteiger partial charge in [0.1, 0.15) is 12.1 Å². The van der Waals surface area contributed by atoms with Crippen LogP contribution in [0.3, 0.4) is 0 Å². The highest BCUT2D eigenvalue weighted by Gasteiger charge is 2.26. The van der Waals surface area contributed by atoms with Gasteiger partial charge < -0.3 is 9.80 Å². The SMILES string of the molecule is Cc1nc2ncnn2c(C)c1CCC(=O)N1CCN(C(=O)c2ccc(F)cc2Cl)CC1. The van der Waals surface area contributed by atoms with Crippen molar-refractivity contribution in [2.75, 3.05) is 26.2 Å². The van der Waals surface area contributed by atoms with Crippen molar-refractivity contribution >= 4 is 29.2 Å². The van der Waals surface area contributed by atoms with Crippen molar-refractivity contribution in [2.24, 2.45) is 0 Å². The molecule has 0 aliphatic carbocycles. The van der Waals surface area contributed by atoms with Gasteiger partial charge in [-0.2, -0.15) is 10.1 Å². The molecule has 1 aliphatic heterocycles. The molecule has 0 spiro atoms. The predicted molar refractivity (Wildman–Crippen MR) is 112 cm³/mol. The Morgan fingerprint density at radius 3 is 2.55 bits per heavy atom. The van der Waals surface area contributed by atoms with E-state index in [1.165, 1.54) is 18.5 Å². The third-order valence-corrected chi connectivity index (χ3v) is 5.97. The topological polar surface area (TPSA) is 83.7 Å². The van der Waals surface area contributed by atoms with E-state index < -0.39 is 5.82 Å². The molecule has 31 heavy (non-hydrogen) atoms. The lowest BCUT2D eigenvalue weighted by atomic mass is 10.1. The van der Waals surface area contributed by atoms with Crippen LogP contribution in [0.5, 0.6) is 0 Å². The highest BCUT2D eigenvalue weighted by atomic mass is 35.5. The minimum atomic E-state index is -0.486. The smallest absolute Gasteiger partial charge is 0.255 e. The van der Waals surface area contributed by atoms with Gasteiger partial charge in [0.05, 0.1) is 10.6 Å². The van der Waals surface area contributed by atoms with Gasteiger partial charge in [0.15, 0.2) is 0 Å². The molecular formula is C21H22ClFN6O2. The summed E-state index contributed by atoms with van der Waals surface area (Å²) in [7, 11) is 0. The van der Waals surface area contributed by atoms with Gasteiger partial charge in [-0.05, 0) is 44.0 Å². The van der Waals surface area contributed by atoms with Crippen molar-refractivity contribution in [3.8, 4) is 0 Å². The summed E-state index contributed by atoms with van der Waals surface area (Å²) >= 11 is 6.01. The van der Waals surface area contributed by atoms with Crippen LogP contribution < -0.4 is 0 Å². The Kier molecular flexibility index (Phi) is 5.86. The van der Waals surface area contributed by atoms with Crippen molar-refractivity contribution in [1.29, 1.82) is 0 Å². The molecule has 1 aromatic carbocycles. The third kappa shape index (κ3) is 4.23. The van der Waals surface area contributed by atoms with Gasteiger partial charge in [-0.15, -0.1) is 0 Å². The summed E-state index contributed by atoms with van der Waals surface area (Å²) in [6, 6.07) is 3.74. The fraction of sp³-hybridized carbons (Fsp3) is 0.381. The summed E-state index contributed by atoms with van der Waals surface area (Å²) in [6.07, 6.45) is 2.37. The standard InChI is InChI=1S/C21H22ClFN6O2/c1-13-16(14(2)29-21(26-13)24-12-25-29)5-6-19(30)27-7-9-28(10-8-27)20(31)17-4-3-15(23)11-18(17)22/h3-4,11-12H,5-10H2,1-2H3. The Bertz CT molecular complexity index is 1160. The highest BCUT2D eigenvalue weighted by molar-refractivity contribution is 6.33. The molecule has 0 N–H and O–H groups in total. The zero-order valence-corrected chi connectivity index (χ0v) is 18.1. The maximum atomic E-state index is 13.2. The van der Waals surface area contributed by atoms with Crippen LogP contribution in [0.2, 0.25) is 5.02 Å². The van der Waals surface area contributed by atoms with Gasteiger partial charge in [-0.3, -0.25) is 9.59 Å². The summed E-state index contributed by atoms with van der Waals surface area (Å²) in [5, 5.41) is 4.27. The third-order valence-electron chi connectivity index (χ3n) is 5.66. The van der Waals surface area contributed by atoms with Crippen LogP contribution in [0.25, 0.3) is 5.78 Å². The molecule has 10 heteroatoms. The predicted octanol–water partition coefficient (Wildman–Crippen LogP) is 2.45. The number of fused-ring (bicyclic) bond motifs is 1. The fourth-order valence-corrected chi connectivity index (χ4v) is 4.15. The van der Waals surface area contributed by atoms with Crippen LogP contribution in [0.4, 0.5) is 4.39 Å². The zero-order chi connectivity index (χ0) is 22.1. The number of nitrogens with zero attached hydrogens (tertiary/aromatic N) is 6. The van der Waals surface area contributed by atoms with Crippen LogP contribution in [-0.4, -0.2) is 67.4 Å². The van der Waals surface area contributed by atoms with Crippen molar-refractivity contribution in [3.63, 3.8) is 0 Å². The number of halogens is 2. The number of amides is 2. The van der Waals surface area contributed by atoms with Crippen LogP contribution in [0.15, 0.2) is 24.5 Å². The number of aryl methyl sites for hydroxylation is 2. The molecule has 1 aliphatic rings. The molecule has 3 aromatic rings. The van der Waals surface area contributed by atoms with Crippen LogP contribution in [-0.2, 0) is 11.2 Å². The molecule has 3 heterocycles. The monoisotopic (exact) mass is 444 g/mol. The average Bonchev–Trinajstić information content (AvgIpc) is 3.21. The first-order valence-electron chi connectivity index (χ1n) is 10.0. The minimum absolute atomic E-state index is 0.0319. The van der Waals surface area contributed by atoms with E-state index in [-0.39, 0.29) is 22.4 Å². The molecule has 0 saturated carbocycles. The quantitative estimate of drug-likeness (QED) is 0.617. The number of hydrogen-bond acceptors (Lipinski definition) is 5. The van der Waals surface area contributed by atoms with E-state index in [2.05, 4.69) is 15.1 Å². The Balaban J connectivity index is 1.35. The number of carbonyl (C=O) groups is 2. The molecule has 1 saturated heterocycles. The molecule has 0 atom stereocenters. The van der Waals surface area contributed by atoms with Gasteiger partial charge in [0.2, 0.25) is 5.91 Å². The zero-order valence-electron chi connectivity index (χ0n) is 17.3. The summed E-state index contributed by atoms with van der Waals surface area (Å²) in [6.45, 7) is 5.56. The average molecular weight is 445 g/mol. The largest absolute Gasteiger partial charge is 0.339 e. The van der Waals surface area contributed by atoms with Gasteiger partial charge in [-0.25, -0.2) is 13.9 Å². The van der Waals surface area contributed by atoms with Crippen molar-refractivity contribution in [1.82, 2.24) is 29.4 Å². The fourth-order valence-electron chi connectivity index (χ4n) is 3.90. The molecule has 8 nitrogen and oxygen atoms in total. The Hall–Kier alpha value is -3.07. The van der Waals surface area contributed by atoms with Crippen LogP contribution >= 0.6 is 11.6 Å². The lowest BCUT2D eigenvalue weighted by Crippen LogP contribution is -2.50. The number of hydrogen-bond donors (Lipinski definition) is 0. The normalized spacial score (nSPS) is 14.3. The maximum Gasteiger partial charge on any atom is 0.255 e. The molecule has 2 aromatic heterocycles. The Labute approximate surface area is 183 Å². The van der Waals surface area contributed by atoms with E-state index in [4.69, 9.17) is 11.6 Å². The van der Waals surface area contributed by atoms with Crippen molar-refractivity contribution in [3.05, 3.63) is 57.9 Å². The van der Waals surface area contributed by atoms with Crippen LogP contribution in [0, 0.1) is 19.7 Å². The van der Waals surface area contributed by atoms with Gasteiger partial charge >= 0.3 is 0 Å². The summed E-state index contributed by atoms with van der Waals surface area (Å²) < 4.78 is 14.9. The lowest BCUT2D eigenvalue weighted by Gasteiger charge is -2.35. The second kappa shape index (κ2) is 8.58. The lowest BCUT2D eigenvalue weighted by molar-refractivity contribution is -0.132. The number of carbonyl (C=O) groups excluding carboxylic acids is 2. The number of rotatable bonds is 4. The van der Waals surface area contributed by atoms with E-state index in [0.717, 1.165) is 23.0 Å². The van der Waals surface area contributed by atoms with Crippen molar-refractivity contribution in [2.45, 2.75) is 26.7 Å². The maximum absolute atomic E-state index is 13.2. The molecular weight excluding hydrogens is 423 g/mol. The highest BCUT2D eigenvalue weighted by Crippen LogP contribution is 2.20. The van der Waals surface area contributed by atoms with Crippen LogP contribution in [0.1, 0.15) is 33.7 Å². The second-order valence-electron chi connectivity index (χ2n) is 7.53. The molecule has 2 amide bonds. The molecule has 1 fully saturated rings. The van der Waals surface area contributed by atoms with Gasteiger partial charge in [0.25, 0.3) is 11.7 Å². The summed E-state index contributed by atoms with van der Waals surface area (Å²) in [5.41, 5.74) is 3.03. The van der Waals surface area contributed by atoms with E-state index in [0.29, 0.717) is 44.8 Å². The van der Waals surface area contributed by atoms with Gasteiger partial charge in [-0.1, -0.05) is 11.6 Å². The van der Waals surface area contributed by atoms with Crippen molar-refractivity contribution < 1.29 is 14.0 Å². The summed E-state index contributed by atoms with van der Waals surface area (Å²) in [5.74, 6) is -0.160. The first kappa shape index (κ1) is 21.2. The molecule has 162 valence electrons. The van der Waals surface area contributed by atoms with E-state index in [1.54, 1.807) is 14.3 Å². The Morgan fingerprint density at radius 2 is 1.84 bits per heavy atom. The first-order valence-corrected chi connectivity index (χ1v) is 10.4. The van der Waals surface area contributed by atoms with E-state index >= 15 is 0 Å². The minimum Gasteiger partial charge on any atom is -0.339 e. The van der Waals surface area contributed by atoms with Gasteiger partial charge in [0, 0.05) is 44.0 Å². The number of aromatic nitrogens is 4. The van der Waals surface area contributed by atoms with E-state index in [1.807, 2.05) is 13.8 Å². The summed E-state index contributed by atoms with van der Waals surface area (Å²) in [4.78, 5) is 37.4. The molecule has 0 unspecified atom stereocenters. The van der Waals surface area contributed by atoms with E-state index in [9.17, 15) is 14.0 Å². The first-order chi connectivity index (χ1) is 14.8. The number of piperazine rings is 1.